The molecule has 1 amide bonds. The molecular formula is C16H11N3O5S. The van der Waals surface area contributed by atoms with E-state index in [1.807, 2.05) is 24.3 Å². The molecular weight excluding hydrogens is 346 g/mol. The molecule has 2 aromatic carbocycles. The average Bonchev–Trinajstić information content (AvgIpc) is 3.02. The van der Waals surface area contributed by atoms with Gasteiger partial charge < -0.3 is 9.47 Å². The van der Waals surface area contributed by atoms with Crippen molar-refractivity contribution >= 4 is 38.3 Å². The summed E-state index contributed by atoms with van der Waals surface area (Å²) in [5.74, 6) is -0.0523. The SMILES string of the molecule is O=C(Nc1nc2ccccc2s1)c1cc2c(cc1[N+](=O)[O-])OCCO2. The Morgan fingerprint density at radius 2 is 1.92 bits per heavy atom. The summed E-state index contributed by atoms with van der Waals surface area (Å²) < 4.78 is 11.7. The van der Waals surface area contributed by atoms with Crippen molar-refractivity contribution in [3.63, 3.8) is 0 Å². The summed E-state index contributed by atoms with van der Waals surface area (Å²) in [6, 6.07) is 9.97. The van der Waals surface area contributed by atoms with Gasteiger partial charge in [0.2, 0.25) is 0 Å². The Balaban J connectivity index is 1.69. The van der Waals surface area contributed by atoms with Crippen molar-refractivity contribution in [2.24, 2.45) is 0 Å². The second-order valence-corrected chi connectivity index (χ2v) is 6.24. The third-order valence-electron chi connectivity index (χ3n) is 3.62. The molecule has 1 aliphatic heterocycles. The zero-order valence-electron chi connectivity index (χ0n) is 12.7. The van der Waals surface area contributed by atoms with E-state index in [0.29, 0.717) is 24.1 Å². The number of anilines is 1. The van der Waals surface area contributed by atoms with E-state index in [1.165, 1.54) is 23.5 Å². The summed E-state index contributed by atoms with van der Waals surface area (Å²) in [4.78, 5) is 27.6. The molecule has 0 saturated heterocycles. The number of carbonyl (C=O) groups excluding carboxylic acids is 1. The molecule has 0 spiro atoms. The largest absolute Gasteiger partial charge is 0.486 e. The molecule has 0 radical (unpaired) electrons. The van der Waals surface area contributed by atoms with Crippen LogP contribution >= 0.6 is 11.3 Å². The highest BCUT2D eigenvalue weighted by molar-refractivity contribution is 7.22. The van der Waals surface area contributed by atoms with Crippen LogP contribution in [0.1, 0.15) is 10.4 Å². The Hall–Kier alpha value is -3.20. The van der Waals surface area contributed by atoms with Gasteiger partial charge in [0.1, 0.15) is 18.8 Å². The lowest BCUT2D eigenvalue weighted by molar-refractivity contribution is -0.385. The van der Waals surface area contributed by atoms with Crippen LogP contribution in [-0.2, 0) is 0 Å². The fourth-order valence-electron chi connectivity index (χ4n) is 2.50. The van der Waals surface area contributed by atoms with E-state index < -0.39 is 10.8 Å². The monoisotopic (exact) mass is 357 g/mol. The number of nitro benzene ring substituents is 1. The predicted octanol–water partition coefficient (Wildman–Crippen LogP) is 3.23. The normalized spacial score (nSPS) is 12.8. The number of ether oxygens (including phenoxy) is 2. The van der Waals surface area contributed by atoms with Gasteiger partial charge in [0.15, 0.2) is 16.6 Å². The molecule has 1 aromatic heterocycles. The molecule has 0 atom stereocenters. The lowest BCUT2D eigenvalue weighted by atomic mass is 10.1. The fraction of sp³-hybridized carbons (Fsp3) is 0.125. The lowest BCUT2D eigenvalue weighted by Crippen LogP contribution is -2.18. The Kier molecular flexibility index (Phi) is 3.69. The number of benzene rings is 2. The molecule has 0 saturated carbocycles. The maximum atomic E-state index is 12.6. The number of thiazole rings is 1. The first-order valence-corrected chi connectivity index (χ1v) is 8.18. The molecule has 1 N–H and O–H groups in total. The average molecular weight is 357 g/mol. The number of hydrogen-bond donors (Lipinski definition) is 1. The number of nitrogens with zero attached hydrogens (tertiary/aromatic N) is 2. The van der Waals surface area contributed by atoms with Crippen molar-refractivity contribution in [3.8, 4) is 11.5 Å². The number of rotatable bonds is 3. The van der Waals surface area contributed by atoms with Crippen LogP contribution in [0.4, 0.5) is 10.8 Å². The maximum absolute atomic E-state index is 12.6. The number of nitro groups is 1. The van der Waals surface area contributed by atoms with Crippen molar-refractivity contribution < 1.29 is 19.2 Å². The molecule has 8 nitrogen and oxygen atoms in total. The second-order valence-electron chi connectivity index (χ2n) is 5.21. The topological polar surface area (TPSA) is 104 Å². The lowest BCUT2D eigenvalue weighted by Gasteiger charge is -2.18. The summed E-state index contributed by atoms with van der Waals surface area (Å²) >= 11 is 1.29. The first-order valence-electron chi connectivity index (χ1n) is 7.37. The van der Waals surface area contributed by atoms with Gasteiger partial charge >= 0.3 is 0 Å². The number of fused-ring (bicyclic) bond motifs is 2. The van der Waals surface area contributed by atoms with E-state index in [1.54, 1.807) is 0 Å². The first kappa shape index (κ1) is 15.3. The molecule has 0 unspecified atom stereocenters. The van der Waals surface area contributed by atoms with E-state index in [-0.39, 0.29) is 17.0 Å². The minimum absolute atomic E-state index is 0.103. The molecule has 126 valence electrons. The van der Waals surface area contributed by atoms with Crippen LogP contribution in [0.5, 0.6) is 11.5 Å². The van der Waals surface area contributed by atoms with Gasteiger partial charge in [-0.15, -0.1) is 0 Å². The van der Waals surface area contributed by atoms with E-state index in [4.69, 9.17) is 9.47 Å². The highest BCUT2D eigenvalue weighted by Gasteiger charge is 2.27. The van der Waals surface area contributed by atoms with Crippen LogP contribution in [0.2, 0.25) is 0 Å². The van der Waals surface area contributed by atoms with Gasteiger partial charge in [0.25, 0.3) is 11.6 Å². The number of amides is 1. The third-order valence-corrected chi connectivity index (χ3v) is 4.57. The summed E-state index contributed by atoms with van der Waals surface area (Å²) in [5.41, 5.74) is 0.302. The molecule has 2 heterocycles. The van der Waals surface area contributed by atoms with Gasteiger partial charge in [-0.2, -0.15) is 0 Å². The van der Waals surface area contributed by atoms with Gasteiger partial charge in [-0.05, 0) is 12.1 Å². The molecule has 0 fully saturated rings. The van der Waals surface area contributed by atoms with Gasteiger partial charge in [-0.3, -0.25) is 20.2 Å². The molecule has 25 heavy (non-hydrogen) atoms. The zero-order valence-corrected chi connectivity index (χ0v) is 13.5. The van der Waals surface area contributed by atoms with Crippen molar-refractivity contribution in [1.82, 2.24) is 4.98 Å². The maximum Gasteiger partial charge on any atom is 0.286 e. The predicted molar refractivity (Wildman–Crippen MR) is 91.7 cm³/mol. The number of nitrogens with one attached hydrogen (secondary N) is 1. The van der Waals surface area contributed by atoms with Crippen molar-refractivity contribution in [2.75, 3.05) is 18.5 Å². The Morgan fingerprint density at radius 1 is 1.20 bits per heavy atom. The van der Waals surface area contributed by atoms with E-state index in [2.05, 4.69) is 10.3 Å². The number of hydrogen-bond acceptors (Lipinski definition) is 7. The van der Waals surface area contributed by atoms with Gasteiger partial charge in [0, 0.05) is 6.07 Å². The highest BCUT2D eigenvalue weighted by atomic mass is 32.1. The summed E-state index contributed by atoms with van der Waals surface area (Å²) in [6.45, 7) is 0.630. The fourth-order valence-corrected chi connectivity index (χ4v) is 3.36. The van der Waals surface area contributed by atoms with E-state index in [0.717, 1.165) is 10.2 Å². The van der Waals surface area contributed by atoms with Crippen molar-refractivity contribution in [2.45, 2.75) is 0 Å². The Bertz CT molecular complexity index is 968. The second kappa shape index (κ2) is 6.02. The van der Waals surface area contributed by atoms with E-state index >= 15 is 0 Å². The quantitative estimate of drug-likeness (QED) is 0.570. The molecule has 9 heteroatoms. The van der Waals surface area contributed by atoms with Crippen LogP contribution < -0.4 is 14.8 Å². The van der Waals surface area contributed by atoms with Gasteiger partial charge in [0.05, 0.1) is 21.2 Å². The van der Waals surface area contributed by atoms with Crippen LogP contribution in [0.25, 0.3) is 10.2 Å². The number of carbonyl (C=O) groups is 1. The molecule has 3 aromatic rings. The Labute approximate surface area is 145 Å². The Morgan fingerprint density at radius 3 is 2.64 bits per heavy atom. The van der Waals surface area contributed by atoms with Crippen LogP contribution in [0.3, 0.4) is 0 Å². The summed E-state index contributed by atoms with van der Waals surface area (Å²) in [6.07, 6.45) is 0. The van der Waals surface area contributed by atoms with Crippen LogP contribution in [0.15, 0.2) is 36.4 Å². The number of para-hydroxylation sites is 1. The van der Waals surface area contributed by atoms with Gasteiger partial charge in [-0.1, -0.05) is 23.5 Å². The van der Waals surface area contributed by atoms with Crippen LogP contribution in [0, 0.1) is 10.1 Å². The molecule has 4 rings (SSSR count). The third kappa shape index (κ3) is 2.85. The molecule has 1 aliphatic rings. The minimum Gasteiger partial charge on any atom is -0.486 e. The molecule has 0 aliphatic carbocycles. The zero-order chi connectivity index (χ0) is 17.4. The minimum atomic E-state index is -0.622. The van der Waals surface area contributed by atoms with Crippen LogP contribution in [-0.4, -0.2) is 29.0 Å². The number of aromatic nitrogens is 1. The standard InChI is InChI=1S/C16H11N3O5S/c20-15(18-16-17-10-3-1-2-4-14(10)25-16)9-7-12-13(24-6-5-23-12)8-11(9)19(21)22/h1-4,7-8H,5-6H2,(H,17,18,20). The van der Waals surface area contributed by atoms with Gasteiger partial charge in [-0.25, -0.2) is 4.98 Å². The van der Waals surface area contributed by atoms with Crippen molar-refractivity contribution in [1.29, 1.82) is 0 Å². The van der Waals surface area contributed by atoms with E-state index in [9.17, 15) is 14.9 Å². The summed E-state index contributed by atoms with van der Waals surface area (Å²) in [5, 5.41) is 14.3. The first-order chi connectivity index (χ1) is 12.1. The smallest absolute Gasteiger partial charge is 0.286 e. The highest BCUT2D eigenvalue weighted by Crippen LogP contribution is 2.37. The van der Waals surface area contributed by atoms with Crippen molar-refractivity contribution in [3.05, 3.63) is 52.1 Å². The molecule has 0 bridgehead atoms. The summed E-state index contributed by atoms with van der Waals surface area (Å²) in [7, 11) is 0.